The Morgan fingerprint density at radius 2 is 1.95 bits per heavy atom. The van der Waals surface area contributed by atoms with Gasteiger partial charge in [-0.3, -0.25) is 14.9 Å². The topological polar surface area (TPSA) is 96.9 Å². The third-order valence-electron chi connectivity index (χ3n) is 2.54. The molecule has 3 rings (SSSR count). The highest BCUT2D eigenvalue weighted by Crippen LogP contribution is 2.22. The lowest BCUT2D eigenvalue weighted by Gasteiger charge is -2.05. The van der Waals surface area contributed by atoms with Crippen LogP contribution in [0, 0.1) is 0 Å². The molecule has 0 spiro atoms. The lowest BCUT2D eigenvalue weighted by Crippen LogP contribution is -2.19. The molecule has 94 valence electrons. The van der Waals surface area contributed by atoms with E-state index in [1.54, 1.807) is 18.2 Å². The van der Waals surface area contributed by atoms with Gasteiger partial charge in [0.05, 0.1) is 17.3 Å². The summed E-state index contributed by atoms with van der Waals surface area (Å²) >= 11 is 5.61. The maximum Gasteiger partial charge on any atom is 0.259 e. The molecule has 0 radical (unpaired) electrons. The lowest BCUT2D eigenvalue weighted by atomic mass is 10.1. The summed E-state index contributed by atoms with van der Waals surface area (Å²) in [5, 5.41) is 12.3. The number of amides is 2. The quantitative estimate of drug-likeness (QED) is 0.798. The van der Waals surface area contributed by atoms with Gasteiger partial charge in [0.15, 0.2) is 5.82 Å². The van der Waals surface area contributed by atoms with Gasteiger partial charge in [-0.25, -0.2) is 0 Å². The van der Waals surface area contributed by atoms with Crippen LogP contribution < -0.4 is 10.6 Å². The fourth-order valence-corrected chi connectivity index (χ4v) is 1.87. The molecular formula is C11H6ClN5O2. The molecule has 0 saturated carbocycles. The number of imide groups is 1. The van der Waals surface area contributed by atoms with E-state index in [1.807, 2.05) is 0 Å². The Kier molecular flexibility index (Phi) is 2.60. The molecular weight excluding hydrogens is 270 g/mol. The molecule has 2 amide bonds. The first-order valence-corrected chi connectivity index (χ1v) is 5.63. The van der Waals surface area contributed by atoms with Crippen LogP contribution in [-0.2, 0) is 0 Å². The van der Waals surface area contributed by atoms with Crippen LogP contribution in [0.4, 0.5) is 11.5 Å². The monoisotopic (exact) mass is 275 g/mol. The van der Waals surface area contributed by atoms with Crippen molar-refractivity contribution in [2.75, 3.05) is 5.32 Å². The summed E-state index contributed by atoms with van der Waals surface area (Å²) in [5.41, 5.74) is 1.28. The predicted molar refractivity (Wildman–Crippen MR) is 66.4 cm³/mol. The van der Waals surface area contributed by atoms with Crippen LogP contribution in [-0.4, -0.2) is 27.0 Å². The predicted octanol–water partition coefficient (Wildman–Crippen LogP) is 1.15. The van der Waals surface area contributed by atoms with E-state index in [1.165, 1.54) is 6.20 Å². The van der Waals surface area contributed by atoms with E-state index in [-0.39, 0.29) is 5.28 Å². The minimum Gasteiger partial charge on any atom is -0.339 e. The van der Waals surface area contributed by atoms with Gasteiger partial charge in [0.25, 0.3) is 11.8 Å². The van der Waals surface area contributed by atoms with Crippen molar-refractivity contribution in [3.05, 3.63) is 40.8 Å². The normalized spacial score (nSPS) is 13.1. The molecule has 2 N–H and O–H groups in total. The second-order valence-electron chi connectivity index (χ2n) is 3.78. The molecule has 1 aliphatic rings. The Morgan fingerprint density at radius 3 is 2.74 bits per heavy atom. The zero-order valence-electron chi connectivity index (χ0n) is 9.35. The molecule has 0 saturated heterocycles. The summed E-state index contributed by atoms with van der Waals surface area (Å²) in [6.45, 7) is 0. The average Bonchev–Trinajstić information content (AvgIpc) is 2.65. The van der Waals surface area contributed by atoms with Gasteiger partial charge in [-0.05, 0) is 29.8 Å². The number of halogens is 1. The van der Waals surface area contributed by atoms with Crippen LogP contribution in [0.2, 0.25) is 5.28 Å². The van der Waals surface area contributed by atoms with E-state index in [9.17, 15) is 9.59 Å². The third-order valence-corrected chi connectivity index (χ3v) is 2.70. The van der Waals surface area contributed by atoms with Gasteiger partial charge in [0.2, 0.25) is 5.28 Å². The van der Waals surface area contributed by atoms with Gasteiger partial charge in [-0.15, -0.1) is 5.10 Å². The summed E-state index contributed by atoms with van der Waals surface area (Å²) in [7, 11) is 0. The van der Waals surface area contributed by atoms with E-state index < -0.39 is 11.8 Å². The number of carbonyl (C=O) groups is 2. The molecule has 1 aromatic heterocycles. The van der Waals surface area contributed by atoms with Crippen molar-refractivity contribution in [3.8, 4) is 0 Å². The number of anilines is 2. The summed E-state index contributed by atoms with van der Waals surface area (Å²) in [4.78, 5) is 26.8. The van der Waals surface area contributed by atoms with E-state index >= 15 is 0 Å². The highest BCUT2D eigenvalue weighted by Gasteiger charge is 2.26. The second-order valence-corrected chi connectivity index (χ2v) is 4.12. The largest absolute Gasteiger partial charge is 0.339 e. The zero-order valence-corrected chi connectivity index (χ0v) is 10.1. The number of aromatic nitrogens is 3. The van der Waals surface area contributed by atoms with Crippen LogP contribution in [0.3, 0.4) is 0 Å². The summed E-state index contributed by atoms with van der Waals surface area (Å²) in [5.74, 6) is -0.412. The fraction of sp³-hybridized carbons (Fsp3) is 0. The number of hydrogen-bond donors (Lipinski definition) is 2. The Bertz CT molecular complexity index is 703. The molecule has 0 atom stereocenters. The molecule has 1 aliphatic heterocycles. The highest BCUT2D eigenvalue weighted by molar-refractivity contribution is 6.28. The molecule has 19 heavy (non-hydrogen) atoms. The minimum absolute atomic E-state index is 0.0130. The Balaban J connectivity index is 1.93. The van der Waals surface area contributed by atoms with Crippen molar-refractivity contribution in [1.82, 2.24) is 20.5 Å². The van der Waals surface area contributed by atoms with Gasteiger partial charge in [0.1, 0.15) is 0 Å². The summed E-state index contributed by atoms with van der Waals surface area (Å²) in [6, 6.07) is 4.78. The van der Waals surface area contributed by atoms with E-state index in [2.05, 4.69) is 25.8 Å². The van der Waals surface area contributed by atoms with Crippen LogP contribution in [0.1, 0.15) is 20.7 Å². The standard InChI is InChI=1S/C11H6ClN5O2/c12-11-15-8(4-13-17-11)14-5-1-2-6-7(3-5)10(19)16-9(6)18/h1-4H,(H,14,15,17)(H,16,18,19). The van der Waals surface area contributed by atoms with Crippen molar-refractivity contribution < 1.29 is 9.59 Å². The SMILES string of the molecule is O=C1NC(=O)c2cc(Nc3cnnc(Cl)n3)ccc21. The molecule has 0 unspecified atom stereocenters. The molecule has 2 aromatic rings. The first kappa shape index (κ1) is 11.5. The molecule has 0 bridgehead atoms. The average molecular weight is 276 g/mol. The summed E-state index contributed by atoms with van der Waals surface area (Å²) in [6.07, 6.45) is 1.39. The number of nitrogens with one attached hydrogen (secondary N) is 2. The van der Waals surface area contributed by atoms with Gasteiger partial charge in [0, 0.05) is 5.69 Å². The maximum absolute atomic E-state index is 11.5. The van der Waals surface area contributed by atoms with Gasteiger partial charge in [-0.1, -0.05) is 0 Å². The summed E-state index contributed by atoms with van der Waals surface area (Å²) < 4.78 is 0. The third kappa shape index (κ3) is 2.11. The lowest BCUT2D eigenvalue weighted by molar-refractivity contribution is 0.0879. The Labute approximate surface area is 112 Å². The first-order valence-electron chi connectivity index (χ1n) is 5.25. The first-order chi connectivity index (χ1) is 9.13. The van der Waals surface area contributed by atoms with E-state index in [4.69, 9.17) is 11.6 Å². The van der Waals surface area contributed by atoms with Gasteiger partial charge >= 0.3 is 0 Å². The Morgan fingerprint density at radius 1 is 1.16 bits per heavy atom. The number of rotatable bonds is 2. The number of hydrogen-bond acceptors (Lipinski definition) is 6. The molecule has 7 nitrogen and oxygen atoms in total. The van der Waals surface area contributed by atoms with Crippen molar-refractivity contribution in [3.63, 3.8) is 0 Å². The fourth-order valence-electron chi connectivity index (χ4n) is 1.74. The van der Waals surface area contributed by atoms with Crippen LogP contribution in [0.5, 0.6) is 0 Å². The molecule has 0 aliphatic carbocycles. The molecule has 0 fully saturated rings. The Hall–Kier alpha value is -2.54. The number of carbonyl (C=O) groups excluding carboxylic acids is 2. The van der Waals surface area contributed by atoms with Crippen LogP contribution in [0.15, 0.2) is 24.4 Å². The number of fused-ring (bicyclic) bond motifs is 1. The van der Waals surface area contributed by atoms with Crippen molar-refractivity contribution in [1.29, 1.82) is 0 Å². The maximum atomic E-state index is 11.5. The van der Waals surface area contributed by atoms with Crippen molar-refractivity contribution in [2.45, 2.75) is 0 Å². The number of benzene rings is 1. The van der Waals surface area contributed by atoms with Crippen LogP contribution >= 0.6 is 11.6 Å². The van der Waals surface area contributed by atoms with E-state index in [0.29, 0.717) is 22.6 Å². The second kappa shape index (κ2) is 4.29. The highest BCUT2D eigenvalue weighted by atomic mass is 35.5. The van der Waals surface area contributed by atoms with Crippen molar-refractivity contribution >= 4 is 34.9 Å². The van der Waals surface area contributed by atoms with Gasteiger partial charge in [-0.2, -0.15) is 10.1 Å². The number of nitrogens with zero attached hydrogens (tertiary/aromatic N) is 3. The molecule has 1 aromatic carbocycles. The molecule has 8 heteroatoms. The smallest absolute Gasteiger partial charge is 0.259 e. The van der Waals surface area contributed by atoms with E-state index in [0.717, 1.165) is 0 Å². The van der Waals surface area contributed by atoms with Gasteiger partial charge < -0.3 is 5.32 Å². The zero-order chi connectivity index (χ0) is 13.4. The molecule has 2 heterocycles. The minimum atomic E-state index is -0.414. The van der Waals surface area contributed by atoms with Crippen molar-refractivity contribution in [2.24, 2.45) is 0 Å². The van der Waals surface area contributed by atoms with Crippen LogP contribution in [0.25, 0.3) is 0 Å².